The molecular weight excluding hydrogens is 203 g/mol. The Kier molecular flexibility index (Phi) is 2.14. The molecule has 0 N–H and O–H groups in total. The van der Waals surface area contributed by atoms with Gasteiger partial charge >= 0.3 is 6.18 Å². The molecule has 0 radical (unpaired) electrons. The van der Waals surface area contributed by atoms with E-state index in [1.54, 1.807) is 19.2 Å². The van der Waals surface area contributed by atoms with Crippen molar-refractivity contribution in [3.05, 3.63) is 41.7 Å². The largest absolute Gasteiger partial charge is 0.416 e. The van der Waals surface area contributed by atoms with Crippen LogP contribution in [0, 0.1) is 6.92 Å². The van der Waals surface area contributed by atoms with Crippen LogP contribution in [-0.4, -0.2) is 4.98 Å². The van der Waals surface area contributed by atoms with E-state index in [1.165, 1.54) is 6.07 Å². The van der Waals surface area contributed by atoms with E-state index >= 15 is 0 Å². The monoisotopic (exact) mass is 211 g/mol. The molecule has 0 saturated heterocycles. The van der Waals surface area contributed by atoms with Crippen LogP contribution in [0.1, 0.15) is 11.3 Å². The minimum atomic E-state index is -4.29. The molecule has 78 valence electrons. The number of aromatic nitrogens is 1. The third-order valence-electron chi connectivity index (χ3n) is 2.19. The van der Waals surface area contributed by atoms with Gasteiger partial charge in [-0.15, -0.1) is 0 Å². The van der Waals surface area contributed by atoms with Crippen LogP contribution in [0.5, 0.6) is 0 Å². The summed E-state index contributed by atoms with van der Waals surface area (Å²) < 4.78 is 37.2. The average Bonchev–Trinajstić information content (AvgIpc) is 2.15. The van der Waals surface area contributed by atoms with Crippen LogP contribution in [0.2, 0.25) is 0 Å². The summed E-state index contributed by atoms with van der Waals surface area (Å²) in [7, 11) is 0. The Hall–Kier alpha value is -1.58. The molecule has 1 heterocycles. The Morgan fingerprint density at radius 3 is 2.47 bits per heavy atom. The first-order chi connectivity index (χ1) is 6.97. The molecule has 0 bridgehead atoms. The Bertz CT molecular complexity index is 503. The van der Waals surface area contributed by atoms with E-state index in [2.05, 4.69) is 4.98 Å². The topological polar surface area (TPSA) is 12.9 Å². The van der Waals surface area contributed by atoms with Gasteiger partial charge in [-0.2, -0.15) is 13.2 Å². The number of aryl methyl sites for hydroxylation is 1. The van der Waals surface area contributed by atoms with E-state index in [1.807, 2.05) is 0 Å². The molecule has 4 heteroatoms. The molecule has 2 rings (SSSR count). The average molecular weight is 211 g/mol. The van der Waals surface area contributed by atoms with E-state index in [-0.39, 0.29) is 0 Å². The number of hydrogen-bond acceptors (Lipinski definition) is 1. The van der Waals surface area contributed by atoms with Crippen molar-refractivity contribution in [2.45, 2.75) is 13.1 Å². The molecule has 0 fully saturated rings. The number of alkyl halides is 3. The van der Waals surface area contributed by atoms with Crippen LogP contribution in [-0.2, 0) is 6.18 Å². The molecule has 2 aromatic rings. The highest BCUT2D eigenvalue weighted by molar-refractivity contribution is 5.82. The van der Waals surface area contributed by atoms with Gasteiger partial charge in [-0.1, -0.05) is 6.07 Å². The normalized spacial score (nSPS) is 12.0. The fraction of sp³-hybridized carbons (Fsp3) is 0.182. The molecule has 0 atom stereocenters. The van der Waals surface area contributed by atoms with Crippen molar-refractivity contribution in [2.24, 2.45) is 0 Å². The highest BCUT2D eigenvalue weighted by Crippen LogP contribution is 2.31. The number of halogens is 3. The summed E-state index contributed by atoms with van der Waals surface area (Å²) in [5.41, 5.74) is 0.0856. The molecule has 0 saturated carbocycles. The molecule has 0 aliphatic heterocycles. The lowest BCUT2D eigenvalue weighted by atomic mass is 10.1. The fourth-order valence-electron chi connectivity index (χ4n) is 1.43. The third-order valence-corrected chi connectivity index (χ3v) is 2.19. The first-order valence-corrected chi connectivity index (χ1v) is 4.40. The first-order valence-electron chi connectivity index (χ1n) is 4.40. The van der Waals surface area contributed by atoms with Crippen molar-refractivity contribution in [1.82, 2.24) is 4.98 Å². The number of hydrogen-bond donors (Lipinski definition) is 0. The Labute approximate surface area is 84.6 Å². The maximum absolute atomic E-state index is 12.4. The van der Waals surface area contributed by atoms with Crippen molar-refractivity contribution >= 4 is 10.8 Å². The zero-order valence-electron chi connectivity index (χ0n) is 7.97. The number of fused-ring (bicyclic) bond motifs is 1. The standard InChI is InChI=1S/C11H8F3N/c1-7-4-9-5-10(11(12,13)14)3-2-8(9)6-15-7/h2-6H,1H3. The zero-order valence-corrected chi connectivity index (χ0v) is 7.97. The summed E-state index contributed by atoms with van der Waals surface area (Å²) in [5.74, 6) is 0. The van der Waals surface area contributed by atoms with Crippen LogP contribution in [0.25, 0.3) is 10.8 Å². The van der Waals surface area contributed by atoms with Crippen LogP contribution in [0.4, 0.5) is 13.2 Å². The minimum absolute atomic E-state index is 0.567. The van der Waals surface area contributed by atoms with Gasteiger partial charge in [-0.05, 0) is 30.5 Å². The number of benzene rings is 1. The van der Waals surface area contributed by atoms with Gasteiger partial charge in [0.25, 0.3) is 0 Å². The smallest absolute Gasteiger partial charge is 0.261 e. The van der Waals surface area contributed by atoms with Crippen molar-refractivity contribution in [3.63, 3.8) is 0 Å². The Morgan fingerprint density at radius 1 is 1.07 bits per heavy atom. The predicted octanol–water partition coefficient (Wildman–Crippen LogP) is 3.56. The quantitative estimate of drug-likeness (QED) is 0.649. The highest BCUT2D eigenvalue weighted by Gasteiger charge is 2.30. The fourth-order valence-corrected chi connectivity index (χ4v) is 1.43. The second kappa shape index (κ2) is 3.22. The summed E-state index contributed by atoms with van der Waals surface area (Å²) in [5, 5.41) is 1.28. The summed E-state index contributed by atoms with van der Waals surface area (Å²) in [6.07, 6.45) is -2.71. The van der Waals surface area contributed by atoms with E-state index in [0.717, 1.165) is 12.1 Å². The molecule has 0 aliphatic carbocycles. The van der Waals surface area contributed by atoms with Crippen LogP contribution in [0.3, 0.4) is 0 Å². The molecule has 0 unspecified atom stereocenters. The van der Waals surface area contributed by atoms with Crippen molar-refractivity contribution in [2.75, 3.05) is 0 Å². The van der Waals surface area contributed by atoms with Gasteiger partial charge in [0.15, 0.2) is 0 Å². The van der Waals surface area contributed by atoms with E-state index < -0.39 is 11.7 Å². The van der Waals surface area contributed by atoms with Gasteiger partial charge in [-0.25, -0.2) is 0 Å². The molecule has 0 spiro atoms. The number of pyridine rings is 1. The molecule has 1 aromatic heterocycles. The second-order valence-corrected chi connectivity index (χ2v) is 3.39. The molecule has 0 amide bonds. The zero-order chi connectivity index (χ0) is 11.1. The lowest BCUT2D eigenvalue weighted by Crippen LogP contribution is -2.04. The third kappa shape index (κ3) is 1.93. The van der Waals surface area contributed by atoms with Gasteiger partial charge in [0.1, 0.15) is 0 Å². The van der Waals surface area contributed by atoms with Gasteiger partial charge < -0.3 is 0 Å². The maximum Gasteiger partial charge on any atom is 0.416 e. The lowest BCUT2D eigenvalue weighted by Gasteiger charge is -2.07. The van der Waals surface area contributed by atoms with Gasteiger partial charge in [0, 0.05) is 17.3 Å². The van der Waals surface area contributed by atoms with Crippen LogP contribution in [0.15, 0.2) is 30.5 Å². The molecule has 0 aliphatic rings. The Morgan fingerprint density at radius 2 is 1.80 bits per heavy atom. The summed E-state index contributed by atoms with van der Waals surface area (Å²) in [6, 6.07) is 5.29. The van der Waals surface area contributed by atoms with Crippen molar-refractivity contribution in [1.29, 1.82) is 0 Å². The summed E-state index contributed by atoms with van der Waals surface area (Å²) in [6.45, 7) is 1.75. The van der Waals surface area contributed by atoms with E-state index in [4.69, 9.17) is 0 Å². The molecule has 15 heavy (non-hydrogen) atoms. The molecule has 1 aromatic carbocycles. The predicted molar refractivity (Wildman–Crippen MR) is 51.5 cm³/mol. The van der Waals surface area contributed by atoms with Gasteiger partial charge in [0.05, 0.1) is 5.56 Å². The first kappa shape index (κ1) is 9.96. The minimum Gasteiger partial charge on any atom is -0.261 e. The van der Waals surface area contributed by atoms with Gasteiger partial charge in [0.2, 0.25) is 0 Å². The van der Waals surface area contributed by atoms with E-state index in [0.29, 0.717) is 16.5 Å². The highest BCUT2D eigenvalue weighted by atomic mass is 19.4. The lowest BCUT2D eigenvalue weighted by molar-refractivity contribution is -0.137. The van der Waals surface area contributed by atoms with Crippen LogP contribution >= 0.6 is 0 Å². The van der Waals surface area contributed by atoms with Gasteiger partial charge in [-0.3, -0.25) is 4.98 Å². The maximum atomic E-state index is 12.4. The summed E-state index contributed by atoms with van der Waals surface area (Å²) >= 11 is 0. The number of rotatable bonds is 0. The summed E-state index contributed by atoms with van der Waals surface area (Å²) in [4.78, 5) is 4.02. The number of nitrogens with zero attached hydrogens (tertiary/aromatic N) is 1. The van der Waals surface area contributed by atoms with Crippen molar-refractivity contribution < 1.29 is 13.2 Å². The molecular formula is C11H8F3N. The van der Waals surface area contributed by atoms with Crippen molar-refractivity contribution in [3.8, 4) is 0 Å². The van der Waals surface area contributed by atoms with E-state index in [9.17, 15) is 13.2 Å². The SMILES string of the molecule is Cc1cc2cc(C(F)(F)F)ccc2cn1. The molecule has 1 nitrogen and oxygen atoms in total. The van der Waals surface area contributed by atoms with Crippen LogP contribution < -0.4 is 0 Å². The Balaban J connectivity index is 2.64. The second-order valence-electron chi connectivity index (χ2n) is 3.39.